The number of nitrogens with one attached hydrogen (secondary N) is 3. The molecular formula is C46H50Cl2N12O4S2. The maximum absolute atomic E-state index is 13.9. The van der Waals surface area contributed by atoms with Gasteiger partial charge in [0.1, 0.15) is 51.9 Å². The molecule has 2 aliphatic rings. The fourth-order valence-corrected chi connectivity index (χ4v) is 10.2. The van der Waals surface area contributed by atoms with Crippen molar-refractivity contribution in [3.8, 4) is 5.00 Å². The molecule has 20 heteroatoms. The van der Waals surface area contributed by atoms with Gasteiger partial charge in [0.05, 0.1) is 29.0 Å². The van der Waals surface area contributed by atoms with Crippen molar-refractivity contribution < 1.29 is 19.1 Å². The maximum Gasteiger partial charge on any atom is 0.328 e. The van der Waals surface area contributed by atoms with Gasteiger partial charge in [0, 0.05) is 59.8 Å². The number of thiophene rings is 1. The third-order valence-electron chi connectivity index (χ3n) is 11.6. The molecule has 344 valence electrons. The van der Waals surface area contributed by atoms with E-state index in [1.165, 1.54) is 17.5 Å². The van der Waals surface area contributed by atoms with Crippen LogP contribution in [0, 0.1) is 40.5 Å². The average molecular weight is 970 g/mol. The van der Waals surface area contributed by atoms with Crippen molar-refractivity contribution in [3.63, 3.8) is 0 Å². The van der Waals surface area contributed by atoms with Gasteiger partial charge in [-0.3, -0.25) is 24.0 Å². The summed E-state index contributed by atoms with van der Waals surface area (Å²) in [5.74, 6) is 1.80. The first-order valence-corrected chi connectivity index (χ1v) is 24.0. The first-order valence-electron chi connectivity index (χ1n) is 21.6. The number of fused-ring (bicyclic) bond motifs is 3. The smallest absolute Gasteiger partial charge is 0.328 e. The number of anilines is 4. The van der Waals surface area contributed by atoms with Gasteiger partial charge in [-0.05, 0) is 69.9 Å². The molecule has 8 rings (SSSR count). The number of carbonyl (C=O) groups excluding carboxylic acids is 3. The van der Waals surface area contributed by atoms with Crippen LogP contribution in [-0.4, -0.2) is 103 Å². The Balaban J connectivity index is 0.846. The Kier molecular flexibility index (Phi) is 14.1. The number of halogens is 2. The molecule has 2 aromatic carbocycles. The van der Waals surface area contributed by atoms with E-state index in [9.17, 15) is 14.4 Å². The Morgan fingerprint density at radius 1 is 0.939 bits per heavy atom. The van der Waals surface area contributed by atoms with Gasteiger partial charge in [-0.15, -0.1) is 21.5 Å². The first-order chi connectivity index (χ1) is 31.6. The van der Waals surface area contributed by atoms with Gasteiger partial charge in [0.15, 0.2) is 11.0 Å². The summed E-state index contributed by atoms with van der Waals surface area (Å²) in [7, 11) is 0. The maximum atomic E-state index is 13.9. The number of amides is 2. The second-order valence-corrected chi connectivity index (χ2v) is 19.7. The molecule has 0 bridgehead atoms. The van der Waals surface area contributed by atoms with E-state index in [1.54, 1.807) is 17.4 Å². The predicted molar refractivity (Wildman–Crippen MR) is 261 cm³/mol. The van der Waals surface area contributed by atoms with Crippen LogP contribution in [0.2, 0.25) is 10.0 Å². The highest BCUT2D eigenvalue weighted by Gasteiger charge is 2.34. The number of para-hydroxylation sites is 1. The van der Waals surface area contributed by atoms with Crippen LogP contribution >= 0.6 is 45.9 Å². The van der Waals surface area contributed by atoms with Crippen LogP contribution in [0.1, 0.15) is 80.6 Å². The fourth-order valence-electron chi connectivity index (χ4n) is 7.89. The van der Waals surface area contributed by atoms with Crippen molar-refractivity contribution in [1.82, 2.24) is 39.9 Å². The number of benzene rings is 2. The number of carbonyl (C=O) groups is 3. The van der Waals surface area contributed by atoms with Crippen LogP contribution in [0.3, 0.4) is 0 Å². The van der Waals surface area contributed by atoms with E-state index in [2.05, 4.69) is 59.8 Å². The molecule has 6 heterocycles. The van der Waals surface area contributed by atoms with E-state index >= 15 is 0 Å². The zero-order chi connectivity index (χ0) is 46.8. The summed E-state index contributed by atoms with van der Waals surface area (Å²) < 4.78 is 7.79. The molecule has 16 nitrogen and oxygen atoms in total. The monoisotopic (exact) mass is 968 g/mol. The molecule has 2 atom stereocenters. The summed E-state index contributed by atoms with van der Waals surface area (Å²) in [4.78, 5) is 65.2. The normalized spacial score (nSPS) is 15.4. The number of thiazole rings is 1. The zero-order valence-electron chi connectivity index (χ0n) is 37.6. The van der Waals surface area contributed by atoms with Gasteiger partial charge in [-0.1, -0.05) is 72.7 Å². The molecule has 1 saturated heterocycles. The van der Waals surface area contributed by atoms with Crippen LogP contribution < -0.4 is 20.9 Å². The third kappa shape index (κ3) is 10.3. The lowest BCUT2D eigenvalue weighted by molar-refractivity contribution is -0.149. The van der Waals surface area contributed by atoms with E-state index in [4.69, 9.17) is 37.9 Å². The van der Waals surface area contributed by atoms with Gasteiger partial charge >= 0.3 is 5.97 Å². The lowest BCUT2D eigenvalue weighted by atomic mass is 9.99. The number of aromatic nitrogens is 6. The highest BCUT2D eigenvalue weighted by Crippen LogP contribution is 2.40. The second kappa shape index (κ2) is 20.0. The number of aliphatic imine (C=N–C) groups is 1. The molecule has 4 aromatic heterocycles. The van der Waals surface area contributed by atoms with E-state index in [0.717, 1.165) is 56.8 Å². The number of nitrogens with zero attached hydrogens (tertiary/aromatic N) is 9. The Morgan fingerprint density at radius 3 is 2.42 bits per heavy atom. The molecule has 6 aromatic rings. The fraction of sp³-hybridized carbons (Fsp3) is 0.370. The van der Waals surface area contributed by atoms with Crippen molar-refractivity contribution in [2.75, 3.05) is 54.9 Å². The number of ether oxygens (including phenoxy) is 1. The van der Waals surface area contributed by atoms with Crippen molar-refractivity contribution in [2.24, 2.45) is 10.9 Å². The predicted octanol–water partition coefficient (Wildman–Crippen LogP) is 8.21. The summed E-state index contributed by atoms with van der Waals surface area (Å²) in [5, 5.41) is 20.5. The topological polar surface area (TPSA) is 185 Å². The minimum Gasteiger partial charge on any atom is -0.463 e. The highest BCUT2D eigenvalue weighted by atomic mass is 35.5. The largest absolute Gasteiger partial charge is 0.463 e. The average Bonchev–Trinajstić information content (AvgIpc) is 3.97. The van der Waals surface area contributed by atoms with Crippen LogP contribution in [0.4, 0.5) is 22.5 Å². The summed E-state index contributed by atoms with van der Waals surface area (Å²) in [5.41, 5.74) is 5.11. The molecule has 3 N–H and O–H groups in total. The number of aryl methyl sites for hydroxylation is 4. The van der Waals surface area contributed by atoms with Crippen LogP contribution in [0.25, 0.3) is 5.00 Å². The number of hydrogen-bond acceptors (Lipinski definition) is 15. The SMILES string of the molecule is Cc1nc(Nc2ncc(C(=O)Nc3c(C)cccc3Cl)s2)cc(N2CCN(CCOC(=O)C(NC(=O)C[C@@H]3N=C(c4ccc(Cl)cc4)c4c(sc(C)c4C)-n4c(C)nnc43)C(C)C)CC2)n1. The van der Waals surface area contributed by atoms with Crippen molar-refractivity contribution in [2.45, 2.75) is 67.0 Å². The minimum atomic E-state index is -0.861. The van der Waals surface area contributed by atoms with Crippen molar-refractivity contribution in [1.29, 1.82) is 0 Å². The Hall–Kier alpha value is -5.79. The molecule has 1 unspecified atom stereocenters. The lowest BCUT2D eigenvalue weighted by Crippen LogP contribution is -2.49. The molecule has 0 radical (unpaired) electrons. The third-order valence-corrected chi connectivity index (χ3v) is 14.2. The summed E-state index contributed by atoms with van der Waals surface area (Å²) in [6.45, 7) is 17.1. The van der Waals surface area contributed by atoms with Crippen LogP contribution in [-0.2, 0) is 14.3 Å². The molecule has 0 saturated carbocycles. The van der Waals surface area contributed by atoms with Gasteiger partial charge in [0.2, 0.25) is 5.91 Å². The van der Waals surface area contributed by atoms with Crippen LogP contribution in [0.15, 0.2) is 59.7 Å². The van der Waals surface area contributed by atoms with Gasteiger partial charge in [-0.25, -0.2) is 19.7 Å². The van der Waals surface area contributed by atoms with E-state index in [0.29, 0.717) is 68.7 Å². The van der Waals surface area contributed by atoms with Gasteiger partial charge < -0.3 is 25.6 Å². The van der Waals surface area contributed by atoms with E-state index < -0.39 is 18.1 Å². The minimum absolute atomic E-state index is 0.0536. The van der Waals surface area contributed by atoms with Crippen LogP contribution in [0.5, 0.6) is 0 Å². The molecule has 0 aliphatic carbocycles. The molecule has 2 amide bonds. The number of hydrogen-bond donors (Lipinski definition) is 3. The number of rotatable bonds is 14. The van der Waals surface area contributed by atoms with Crippen molar-refractivity contribution >= 4 is 91.8 Å². The molecule has 2 aliphatic heterocycles. The first kappa shape index (κ1) is 46.7. The number of piperazine rings is 1. The Morgan fingerprint density at radius 2 is 1.70 bits per heavy atom. The van der Waals surface area contributed by atoms with E-state index in [-0.39, 0.29) is 30.8 Å². The summed E-state index contributed by atoms with van der Waals surface area (Å²) >= 11 is 15.4. The highest BCUT2D eigenvalue weighted by molar-refractivity contribution is 7.17. The number of esters is 1. The Labute approximate surface area is 400 Å². The molecule has 0 spiro atoms. The molecule has 66 heavy (non-hydrogen) atoms. The summed E-state index contributed by atoms with van der Waals surface area (Å²) in [6.07, 6.45) is 1.46. The molecular weight excluding hydrogens is 920 g/mol. The zero-order valence-corrected chi connectivity index (χ0v) is 40.8. The lowest BCUT2D eigenvalue weighted by Gasteiger charge is -2.35. The van der Waals surface area contributed by atoms with Gasteiger partial charge in [-0.2, -0.15) is 0 Å². The quantitative estimate of drug-likeness (QED) is 0.0891. The van der Waals surface area contributed by atoms with Crippen molar-refractivity contribution in [3.05, 3.63) is 114 Å². The standard InChI is InChI=1S/C46H50Cl2N12O4S2/c1-24(2)39(54-37(61)21-33-42-57-56-29(7)60(42)44-38(26(4)27(5)65-44)41(52-33)30-11-13-31(47)14-12-30)45(63)64-20-19-58-15-17-59(18-16-58)36-22-35(50-28(6)51-36)53-46-49-23-34(66-46)43(62)55-40-25(3)9-8-10-32(40)48/h8-14,22-24,33,39H,15-21H2,1-7H3,(H,54,61)(H,55,62)(H,49,50,51,53)/t33-,39?/m0/s1. The Bertz CT molecular complexity index is 2790. The van der Waals surface area contributed by atoms with E-state index in [1.807, 2.05) is 81.7 Å². The second-order valence-electron chi connectivity index (χ2n) is 16.6. The molecule has 1 fully saturated rings. The van der Waals surface area contributed by atoms with Gasteiger partial charge in [0.25, 0.3) is 5.91 Å². The summed E-state index contributed by atoms with van der Waals surface area (Å²) in [6, 6.07) is 13.3.